The predicted octanol–water partition coefficient (Wildman–Crippen LogP) is 4.01. The van der Waals surface area contributed by atoms with Gasteiger partial charge in [0.2, 0.25) is 17.6 Å². The Balaban J connectivity index is 1.43. The van der Waals surface area contributed by atoms with E-state index >= 15 is 0 Å². The summed E-state index contributed by atoms with van der Waals surface area (Å²) in [5.41, 5.74) is 7.93. The van der Waals surface area contributed by atoms with Crippen LogP contribution in [0.1, 0.15) is 60.3 Å². The van der Waals surface area contributed by atoms with Crippen molar-refractivity contribution in [3.8, 4) is 11.5 Å². The number of amides is 2. The number of aryl methyl sites for hydroxylation is 1. The number of nitrogens with zero attached hydrogens (tertiary/aromatic N) is 3. The maximum Gasteiger partial charge on any atom is 0.251 e. The van der Waals surface area contributed by atoms with Gasteiger partial charge in [-0.3, -0.25) is 14.6 Å². The highest BCUT2D eigenvalue weighted by molar-refractivity contribution is 7.17. The first kappa shape index (κ1) is 22.1. The molecule has 8 nitrogen and oxygen atoms in total. The number of hydrogen-bond donors (Lipinski definition) is 2. The largest absolute Gasteiger partial charge is 0.365 e. The second-order valence-corrected chi connectivity index (χ2v) is 10.3. The molecular formula is C23H27N5O3S. The van der Waals surface area contributed by atoms with Crippen molar-refractivity contribution in [3.63, 3.8) is 0 Å². The van der Waals surface area contributed by atoms with Crippen molar-refractivity contribution >= 4 is 28.2 Å². The zero-order chi connectivity index (χ0) is 22.9. The van der Waals surface area contributed by atoms with Crippen LogP contribution in [0.4, 0.5) is 5.00 Å². The summed E-state index contributed by atoms with van der Waals surface area (Å²) in [7, 11) is 0. The third kappa shape index (κ3) is 4.72. The fourth-order valence-electron chi connectivity index (χ4n) is 4.04. The molecule has 0 fully saturated rings. The third-order valence-electron chi connectivity index (χ3n) is 5.92. The highest BCUT2D eigenvalue weighted by Gasteiger charge is 2.33. The number of fused-ring (bicyclic) bond motifs is 1. The second kappa shape index (κ2) is 8.82. The Morgan fingerprint density at radius 3 is 2.81 bits per heavy atom. The van der Waals surface area contributed by atoms with Gasteiger partial charge in [-0.15, -0.1) is 11.3 Å². The molecule has 0 spiro atoms. The van der Waals surface area contributed by atoms with Gasteiger partial charge in [0, 0.05) is 23.9 Å². The Kier molecular flexibility index (Phi) is 6.10. The lowest BCUT2D eigenvalue weighted by Crippen LogP contribution is -2.27. The van der Waals surface area contributed by atoms with Crippen molar-refractivity contribution in [2.24, 2.45) is 17.1 Å². The topological polar surface area (TPSA) is 124 Å². The van der Waals surface area contributed by atoms with Gasteiger partial charge in [-0.1, -0.05) is 32.0 Å². The molecule has 0 saturated carbocycles. The summed E-state index contributed by atoms with van der Waals surface area (Å²) >= 11 is 1.47. The summed E-state index contributed by atoms with van der Waals surface area (Å²) in [4.78, 5) is 34.4. The number of primary amides is 1. The summed E-state index contributed by atoms with van der Waals surface area (Å²) in [6.07, 6.45) is 4.80. The molecule has 3 heterocycles. The van der Waals surface area contributed by atoms with E-state index in [9.17, 15) is 9.59 Å². The number of pyridine rings is 1. The van der Waals surface area contributed by atoms with E-state index in [1.165, 1.54) is 11.3 Å². The van der Waals surface area contributed by atoms with Crippen LogP contribution < -0.4 is 11.1 Å². The normalized spacial score (nSPS) is 15.9. The fourth-order valence-corrected chi connectivity index (χ4v) is 5.39. The van der Waals surface area contributed by atoms with Crippen LogP contribution in [0.15, 0.2) is 28.9 Å². The smallest absolute Gasteiger partial charge is 0.251 e. The second-order valence-electron chi connectivity index (χ2n) is 9.15. The summed E-state index contributed by atoms with van der Waals surface area (Å²) < 4.78 is 5.24. The van der Waals surface area contributed by atoms with E-state index in [1.807, 2.05) is 6.07 Å². The number of carbonyl (C=O) groups is 2. The van der Waals surface area contributed by atoms with Gasteiger partial charge in [0.25, 0.3) is 5.91 Å². The van der Waals surface area contributed by atoms with Gasteiger partial charge < -0.3 is 15.6 Å². The van der Waals surface area contributed by atoms with Crippen LogP contribution in [-0.2, 0) is 24.1 Å². The van der Waals surface area contributed by atoms with Gasteiger partial charge in [-0.25, -0.2) is 0 Å². The average Bonchev–Trinajstić information content (AvgIpc) is 3.36. The lowest BCUT2D eigenvalue weighted by atomic mass is 9.72. The van der Waals surface area contributed by atoms with Gasteiger partial charge in [-0.05, 0) is 48.3 Å². The molecule has 0 aromatic carbocycles. The molecule has 2 amide bonds. The molecule has 1 aliphatic rings. The number of carbonyl (C=O) groups excluding carboxylic acids is 2. The van der Waals surface area contributed by atoms with Crippen LogP contribution in [0, 0.1) is 11.3 Å². The minimum absolute atomic E-state index is 0.148. The van der Waals surface area contributed by atoms with E-state index in [-0.39, 0.29) is 24.2 Å². The predicted molar refractivity (Wildman–Crippen MR) is 122 cm³/mol. The number of nitrogens with one attached hydrogen (secondary N) is 1. The van der Waals surface area contributed by atoms with E-state index in [1.54, 1.807) is 18.3 Å². The molecule has 32 heavy (non-hydrogen) atoms. The van der Waals surface area contributed by atoms with Crippen LogP contribution in [-0.4, -0.2) is 26.9 Å². The van der Waals surface area contributed by atoms with Gasteiger partial charge in [0.1, 0.15) is 10.7 Å². The molecule has 0 saturated heterocycles. The van der Waals surface area contributed by atoms with E-state index in [0.29, 0.717) is 33.9 Å². The van der Waals surface area contributed by atoms with E-state index in [0.717, 1.165) is 29.7 Å². The van der Waals surface area contributed by atoms with Gasteiger partial charge in [-0.2, -0.15) is 4.98 Å². The number of thiophene rings is 1. The molecular weight excluding hydrogens is 426 g/mol. The molecule has 1 unspecified atom stereocenters. The van der Waals surface area contributed by atoms with E-state index in [4.69, 9.17) is 10.3 Å². The maximum absolute atomic E-state index is 12.6. The Morgan fingerprint density at radius 1 is 1.31 bits per heavy atom. The summed E-state index contributed by atoms with van der Waals surface area (Å²) in [5.74, 6) is 0.550. The Morgan fingerprint density at radius 2 is 2.12 bits per heavy atom. The zero-order valence-corrected chi connectivity index (χ0v) is 19.3. The van der Waals surface area contributed by atoms with E-state index in [2.05, 4.69) is 41.2 Å². The Hall–Kier alpha value is -3.07. The fraction of sp³-hybridized carbons (Fsp3) is 0.435. The van der Waals surface area contributed by atoms with Gasteiger partial charge in [0.15, 0.2) is 0 Å². The molecule has 1 atom stereocenters. The third-order valence-corrected chi connectivity index (χ3v) is 7.09. The van der Waals surface area contributed by atoms with Crippen molar-refractivity contribution in [2.45, 2.75) is 52.9 Å². The van der Waals surface area contributed by atoms with Crippen molar-refractivity contribution < 1.29 is 14.1 Å². The van der Waals surface area contributed by atoms with Crippen molar-refractivity contribution in [1.82, 2.24) is 15.1 Å². The molecule has 9 heteroatoms. The molecule has 0 aliphatic heterocycles. The van der Waals surface area contributed by atoms with Crippen LogP contribution in [0.2, 0.25) is 0 Å². The zero-order valence-electron chi connectivity index (χ0n) is 18.5. The van der Waals surface area contributed by atoms with Crippen LogP contribution in [0.25, 0.3) is 11.5 Å². The first-order chi connectivity index (χ1) is 15.2. The lowest BCUT2D eigenvalue weighted by Gasteiger charge is -2.33. The molecule has 3 aromatic heterocycles. The highest BCUT2D eigenvalue weighted by Crippen LogP contribution is 2.44. The lowest BCUT2D eigenvalue weighted by molar-refractivity contribution is -0.116. The maximum atomic E-state index is 12.6. The SMILES string of the molecule is CC(C)(C)C1CCc2c(sc(NC(=O)CCc3nc(-c4ccccn4)no3)c2C(N)=O)C1. The monoisotopic (exact) mass is 453 g/mol. The minimum Gasteiger partial charge on any atom is -0.365 e. The number of anilines is 1. The van der Waals surface area contributed by atoms with Crippen molar-refractivity contribution in [2.75, 3.05) is 5.32 Å². The van der Waals surface area contributed by atoms with Crippen LogP contribution >= 0.6 is 11.3 Å². The highest BCUT2D eigenvalue weighted by atomic mass is 32.1. The molecule has 3 aromatic rings. The summed E-state index contributed by atoms with van der Waals surface area (Å²) in [5, 5.41) is 7.35. The molecule has 168 valence electrons. The molecule has 0 bridgehead atoms. The molecule has 0 radical (unpaired) electrons. The van der Waals surface area contributed by atoms with Crippen LogP contribution in [0.5, 0.6) is 0 Å². The summed E-state index contributed by atoms with van der Waals surface area (Å²) in [6.45, 7) is 6.72. The molecule has 3 N–H and O–H groups in total. The van der Waals surface area contributed by atoms with Crippen molar-refractivity contribution in [1.29, 1.82) is 0 Å². The average molecular weight is 454 g/mol. The van der Waals surface area contributed by atoms with E-state index < -0.39 is 5.91 Å². The van der Waals surface area contributed by atoms with Crippen LogP contribution in [0.3, 0.4) is 0 Å². The molecule has 4 rings (SSSR count). The standard InChI is InChI=1S/C23H27N5O3S/c1-23(2,3)13-7-8-14-16(12-13)32-22(19(14)20(24)30)26-17(29)9-10-18-27-21(28-31-18)15-6-4-5-11-25-15/h4-6,11,13H,7-10,12H2,1-3H3,(H2,24,30)(H,26,29). The summed E-state index contributed by atoms with van der Waals surface area (Å²) in [6, 6.07) is 5.43. The minimum atomic E-state index is -0.496. The number of aromatic nitrogens is 3. The molecule has 1 aliphatic carbocycles. The Bertz CT molecular complexity index is 1130. The Labute approximate surface area is 190 Å². The number of rotatable bonds is 6. The quantitative estimate of drug-likeness (QED) is 0.581. The van der Waals surface area contributed by atoms with Gasteiger partial charge in [0.05, 0.1) is 5.56 Å². The number of hydrogen-bond acceptors (Lipinski definition) is 7. The first-order valence-electron chi connectivity index (χ1n) is 10.7. The van der Waals surface area contributed by atoms with Gasteiger partial charge >= 0.3 is 0 Å². The van der Waals surface area contributed by atoms with Crippen molar-refractivity contribution in [3.05, 3.63) is 46.3 Å². The number of nitrogens with two attached hydrogens (primary N) is 1. The first-order valence-corrected chi connectivity index (χ1v) is 11.5.